The van der Waals surface area contributed by atoms with Crippen molar-refractivity contribution in [3.05, 3.63) is 42.7 Å². The van der Waals surface area contributed by atoms with Crippen molar-refractivity contribution in [3.8, 4) is 11.1 Å². The molecule has 0 aliphatic rings. The van der Waals surface area contributed by atoms with Crippen molar-refractivity contribution >= 4 is 0 Å². The number of hydrogen-bond acceptors (Lipinski definition) is 2. The Morgan fingerprint density at radius 2 is 1.80 bits per heavy atom. The van der Waals surface area contributed by atoms with E-state index in [9.17, 15) is 0 Å². The number of hydrogen-bond donors (Lipinski definition) is 1. The Morgan fingerprint density at radius 1 is 1.05 bits per heavy atom. The average Bonchev–Trinajstić information content (AvgIpc) is 2.87. The summed E-state index contributed by atoms with van der Waals surface area (Å²) in [6.45, 7) is 9.76. The van der Waals surface area contributed by atoms with Gasteiger partial charge in [0.15, 0.2) is 0 Å². The summed E-state index contributed by atoms with van der Waals surface area (Å²) in [5.41, 5.74) is 2.80. The van der Waals surface area contributed by atoms with Gasteiger partial charge in [0.25, 0.3) is 0 Å². The smallest absolute Gasteiger partial charge is 0.0568 e. The SMILES string of the molecule is CC(C)(C)CCNCCn1cc(-c2ccccc2)cn1. The Balaban J connectivity index is 1.76. The topological polar surface area (TPSA) is 29.9 Å². The van der Waals surface area contributed by atoms with Crippen molar-refractivity contribution in [2.45, 2.75) is 33.7 Å². The molecular formula is C17H25N3. The molecule has 2 aromatic rings. The second kappa shape index (κ2) is 6.71. The number of rotatable bonds is 6. The maximum atomic E-state index is 4.42. The number of nitrogens with zero attached hydrogens (tertiary/aromatic N) is 2. The number of nitrogens with one attached hydrogen (secondary N) is 1. The fraction of sp³-hybridized carbons (Fsp3) is 0.471. The van der Waals surface area contributed by atoms with Crippen molar-refractivity contribution in [3.63, 3.8) is 0 Å². The van der Waals surface area contributed by atoms with Crippen molar-refractivity contribution in [2.24, 2.45) is 5.41 Å². The van der Waals surface area contributed by atoms with Crippen LogP contribution in [0.15, 0.2) is 42.7 Å². The average molecular weight is 271 g/mol. The predicted octanol–water partition coefficient (Wildman–Crippen LogP) is 3.58. The molecular weight excluding hydrogens is 246 g/mol. The van der Waals surface area contributed by atoms with Gasteiger partial charge in [-0.2, -0.15) is 5.10 Å². The van der Waals surface area contributed by atoms with Gasteiger partial charge < -0.3 is 5.32 Å². The molecule has 0 unspecified atom stereocenters. The van der Waals surface area contributed by atoms with E-state index < -0.39 is 0 Å². The Labute approximate surface area is 122 Å². The normalized spacial score (nSPS) is 11.8. The van der Waals surface area contributed by atoms with E-state index in [1.165, 1.54) is 17.5 Å². The molecule has 0 bridgehead atoms. The van der Waals surface area contributed by atoms with Gasteiger partial charge in [-0.15, -0.1) is 0 Å². The molecule has 3 heteroatoms. The summed E-state index contributed by atoms with van der Waals surface area (Å²) < 4.78 is 2.01. The zero-order valence-corrected chi connectivity index (χ0v) is 12.8. The third-order valence-electron chi connectivity index (χ3n) is 3.31. The Kier molecular flexibility index (Phi) is 4.96. The molecule has 0 radical (unpaired) electrons. The Morgan fingerprint density at radius 3 is 2.50 bits per heavy atom. The summed E-state index contributed by atoms with van der Waals surface area (Å²) in [5, 5.41) is 7.89. The molecule has 20 heavy (non-hydrogen) atoms. The lowest BCUT2D eigenvalue weighted by Crippen LogP contribution is -2.24. The van der Waals surface area contributed by atoms with Crippen molar-refractivity contribution < 1.29 is 0 Å². The lowest BCUT2D eigenvalue weighted by molar-refractivity contribution is 0.364. The van der Waals surface area contributed by atoms with Gasteiger partial charge in [0, 0.05) is 18.3 Å². The molecule has 0 spiro atoms. The molecule has 0 aliphatic carbocycles. The largest absolute Gasteiger partial charge is 0.315 e. The third kappa shape index (κ3) is 4.82. The monoisotopic (exact) mass is 271 g/mol. The summed E-state index contributed by atoms with van der Waals surface area (Å²) in [5.74, 6) is 0. The molecule has 1 heterocycles. The fourth-order valence-corrected chi connectivity index (χ4v) is 2.05. The summed E-state index contributed by atoms with van der Waals surface area (Å²) in [4.78, 5) is 0. The van der Waals surface area contributed by atoms with Crippen LogP contribution < -0.4 is 5.32 Å². The van der Waals surface area contributed by atoms with Crippen molar-refractivity contribution in [2.75, 3.05) is 13.1 Å². The Bertz CT molecular complexity index is 509. The van der Waals surface area contributed by atoms with Crippen LogP contribution in [0.2, 0.25) is 0 Å². The van der Waals surface area contributed by atoms with E-state index in [0.717, 1.165) is 19.6 Å². The highest BCUT2D eigenvalue weighted by molar-refractivity contribution is 5.61. The van der Waals surface area contributed by atoms with Crippen LogP contribution >= 0.6 is 0 Å². The lowest BCUT2D eigenvalue weighted by Gasteiger charge is -2.17. The molecule has 108 valence electrons. The maximum absolute atomic E-state index is 4.42. The molecule has 2 rings (SSSR count). The second-order valence-corrected chi connectivity index (χ2v) is 6.42. The quantitative estimate of drug-likeness (QED) is 0.814. The molecule has 1 aromatic heterocycles. The third-order valence-corrected chi connectivity index (χ3v) is 3.31. The molecule has 0 saturated heterocycles. The minimum Gasteiger partial charge on any atom is -0.315 e. The van der Waals surface area contributed by atoms with Gasteiger partial charge in [0.1, 0.15) is 0 Å². The highest BCUT2D eigenvalue weighted by atomic mass is 15.3. The minimum absolute atomic E-state index is 0.402. The zero-order chi connectivity index (χ0) is 14.4. The van der Waals surface area contributed by atoms with Gasteiger partial charge >= 0.3 is 0 Å². The first-order chi connectivity index (χ1) is 9.54. The van der Waals surface area contributed by atoms with E-state index in [1.54, 1.807) is 0 Å². The molecule has 1 aromatic carbocycles. The molecule has 3 nitrogen and oxygen atoms in total. The van der Waals surface area contributed by atoms with Gasteiger partial charge in [0.05, 0.1) is 12.7 Å². The minimum atomic E-state index is 0.402. The second-order valence-electron chi connectivity index (χ2n) is 6.42. The van der Waals surface area contributed by atoms with Crippen LogP contribution in [0.3, 0.4) is 0 Å². The van der Waals surface area contributed by atoms with E-state index >= 15 is 0 Å². The highest BCUT2D eigenvalue weighted by Gasteiger charge is 2.08. The summed E-state index contributed by atoms with van der Waals surface area (Å²) in [7, 11) is 0. The lowest BCUT2D eigenvalue weighted by atomic mass is 9.92. The van der Waals surface area contributed by atoms with Crippen LogP contribution in [0.25, 0.3) is 11.1 Å². The van der Waals surface area contributed by atoms with E-state index in [4.69, 9.17) is 0 Å². The van der Waals surface area contributed by atoms with E-state index in [-0.39, 0.29) is 0 Å². The molecule has 0 fully saturated rings. The van der Waals surface area contributed by atoms with Gasteiger partial charge in [-0.3, -0.25) is 4.68 Å². The first kappa shape index (κ1) is 14.8. The van der Waals surface area contributed by atoms with Crippen molar-refractivity contribution in [1.82, 2.24) is 15.1 Å². The molecule has 0 aliphatic heterocycles. The van der Waals surface area contributed by atoms with Crippen LogP contribution in [0, 0.1) is 5.41 Å². The zero-order valence-electron chi connectivity index (χ0n) is 12.8. The van der Waals surface area contributed by atoms with Gasteiger partial charge in [-0.25, -0.2) is 0 Å². The van der Waals surface area contributed by atoms with Crippen LogP contribution in [0.1, 0.15) is 27.2 Å². The highest BCUT2D eigenvalue weighted by Crippen LogP contribution is 2.18. The molecule has 0 amide bonds. The number of aromatic nitrogens is 2. The molecule has 0 atom stereocenters. The maximum Gasteiger partial charge on any atom is 0.0568 e. The first-order valence-corrected chi connectivity index (χ1v) is 7.33. The van der Waals surface area contributed by atoms with Crippen LogP contribution in [-0.4, -0.2) is 22.9 Å². The van der Waals surface area contributed by atoms with Crippen LogP contribution in [0.4, 0.5) is 0 Å². The van der Waals surface area contributed by atoms with Gasteiger partial charge in [-0.1, -0.05) is 51.1 Å². The molecule has 1 N–H and O–H groups in total. The van der Waals surface area contributed by atoms with E-state index in [1.807, 2.05) is 16.9 Å². The number of benzene rings is 1. The first-order valence-electron chi connectivity index (χ1n) is 7.33. The standard InChI is InChI=1S/C17H25N3/c1-17(2,3)9-10-18-11-12-20-14-16(13-19-20)15-7-5-4-6-8-15/h4-8,13-14,18H,9-12H2,1-3H3. The summed E-state index contributed by atoms with van der Waals surface area (Å²) in [6.07, 6.45) is 5.24. The fourth-order valence-electron chi connectivity index (χ4n) is 2.05. The van der Waals surface area contributed by atoms with Crippen LogP contribution in [0.5, 0.6) is 0 Å². The van der Waals surface area contributed by atoms with Crippen molar-refractivity contribution in [1.29, 1.82) is 0 Å². The van der Waals surface area contributed by atoms with Gasteiger partial charge in [0.2, 0.25) is 0 Å². The summed E-state index contributed by atoms with van der Waals surface area (Å²) >= 11 is 0. The van der Waals surface area contributed by atoms with Crippen LogP contribution in [-0.2, 0) is 6.54 Å². The summed E-state index contributed by atoms with van der Waals surface area (Å²) in [6, 6.07) is 10.4. The van der Waals surface area contributed by atoms with E-state index in [0.29, 0.717) is 5.41 Å². The molecule has 0 saturated carbocycles. The predicted molar refractivity (Wildman–Crippen MR) is 84.6 cm³/mol. The van der Waals surface area contributed by atoms with E-state index in [2.05, 4.69) is 61.6 Å². The van der Waals surface area contributed by atoms with Gasteiger partial charge in [-0.05, 0) is 23.9 Å². The Hall–Kier alpha value is -1.61.